The van der Waals surface area contributed by atoms with Crippen LogP contribution in [0.15, 0.2) is 0 Å². The monoisotopic (exact) mass is 271 g/mol. The molecule has 5 heteroatoms. The molecular weight excluding hydrogens is 242 g/mol. The van der Waals surface area contributed by atoms with Crippen molar-refractivity contribution in [3.63, 3.8) is 0 Å². The van der Waals surface area contributed by atoms with Gasteiger partial charge in [-0.05, 0) is 53.4 Å². The van der Waals surface area contributed by atoms with E-state index >= 15 is 0 Å². The Morgan fingerprint density at radius 1 is 1.42 bits per heavy atom. The first-order chi connectivity index (χ1) is 8.92. The lowest BCUT2D eigenvalue weighted by atomic mass is 9.98. The Morgan fingerprint density at radius 3 is 2.47 bits per heavy atom. The first kappa shape index (κ1) is 16.4. The summed E-state index contributed by atoms with van der Waals surface area (Å²) in [5, 5.41) is 12.5. The first-order valence-corrected chi connectivity index (χ1v) is 7.28. The van der Waals surface area contributed by atoms with Gasteiger partial charge < -0.3 is 20.2 Å². The van der Waals surface area contributed by atoms with Crippen LogP contribution in [0.1, 0.15) is 33.6 Å². The molecule has 0 spiro atoms. The standard InChI is InChI=1S/C14H29N3O2/c1-5-15-14(2,3)13(19)17(10-11-18)12-6-8-16(4)9-7-12/h12,15,18H,5-11H2,1-4H3. The van der Waals surface area contributed by atoms with Gasteiger partial charge in [-0.2, -0.15) is 0 Å². The molecule has 0 aromatic heterocycles. The van der Waals surface area contributed by atoms with Crippen LogP contribution in [-0.4, -0.2) is 72.2 Å². The second-order valence-electron chi connectivity index (χ2n) is 5.91. The minimum Gasteiger partial charge on any atom is -0.395 e. The number of piperidine rings is 1. The molecule has 1 saturated heterocycles. The Balaban J connectivity index is 2.73. The van der Waals surface area contributed by atoms with Crippen LogP contribution >= 0.6 is 0 Å². The van der Waals surface area contributed by atoms with Gasteiger partial charge in [0.1, 0.15) is 0 Å². The topological polar surface area (TPSA) is 55.8 Å². The fourth-order valence-corrected chi connectivity index (χ4v) is 2.74. The van der Waals surface area contributed by atoms with Crippen LogP contribution in [0.2, 0.25) is 0 Å². The number of amides is 1. The fraction of sp³-hybridized carbons (Fsp3) is 0.929. The lowest BCUT2D eigenvalue weighted by Crippen LogP contribution is -2.58. The van der Waals surface area contributed by atoms with Crippen molar-refractivity contribution in [2.24, 2.45) is 0 Å². The van der Waals surface area contributed by atoms with Crippen molar-refractivity contribution in [3.8, 4) is 0 Å². The van der Waals surface area contributed by atoms with Gasteiger partial charge in [-0.25, -0.2) is 0 Å². The number of carbonyl (C=O) groups is 1. The van der Waals surface area contributed by atoms with Gasteiger partial charge in [-0.15, -0.1) is 0 Å². The molecule has 2 N–H and O–H groups in total. The lowest BCUT2D eigenvalue weighted by Gasteiger charge is -2.40. The molecule has 19 heavy (non-hydrogen) atoms. The molecule has 1 heterocycles. The Kier molecular flexibility index (Phi) is 6.23. The summed E-state index contributed by atoms with van der Waals surface area (Å²) < 4.78 is 0. The van der Waals surface area contributed by atoms with Gasteiger partial charge >= 0.3 is 0 Å². The second-order valence-corrected chi connectivity index (χ2v) is 5.91. The van der Waals surface area contributed by atoms with Crippen molar-refractivity contribution in [3.05, 3.63) is 0 Å². The summed E-state index contributed by atoms with van der Waals surface area (Å²) >= 11 is 0. The van der Waals surface area contributed by atoms with E-state index in [-0.39, 0.29) is 18.6 Å². The number of nitrogens with zero attached hydrogens (tertiary/aromatic N) is 2. The zero-order valence-corrected chi connectivity index (χ0v) is 12.8. The van der Waals surface area contributed by atoms with E-state index in [0.717, 1.165) is 32.5 Å². The summed E-state index contributed by atoms with van der Waals surface area (Å²) in [5.41, 5.74) is -0.562. The third-order valence-electron chi connectivity index (χ3n) is 3.88. The minimum atomic E-state index is -0.562. The lowest BCUT2D eigenvalue weighted by molar-refractivity contribution is -0.141. The summed E-state index contributed by atoms with van der Waals surface area (Å²) in [7, 11) is 2.11. The quantitative estimate of drug-likeness (QED) is 0.729. The maximum atomic E-state index is 12.7. The van der Waals surface area contributed by atoms with Crippen molar-refractivity contribution < 1.29 is 9.90 Å². The van der Waals surface area contributed by atoms with E-state index in [2.05, 4.69) is 17.3 Å². The van der Waals surface area contributed by atoms with Crippen LogP contribution < -0.4 is 5.32 Å². The van der Waals surface area contributed by atoms with Gasteiger partial charge in [0.05, 0.1) is 12.1 Å². The minimum absolute atomic E-state index is 0.0281. The summed E-state index contributed by atoms with van der Waals surface area (Å²) in [6.45, 7) is 9.09. The molecule has 112 valence electrons. The molecule has 1 aliphatic rings. The molecule has 0 saturated carbocycles. The SMILES string of the molecule is CCNC(C)(C)C(=O)N(CCO)C1CCN(C)CC1. The van der Waals surface area contributed by atoms with Crippen molar-refractivity contribution >= 4 is 5.91 Å². The van der Waals surface area contributed by atoms with Gasteiger partial charge in [0, 0.05) is 12.6 Å². The number of hydrogen-bond acceptors (Lipinski definition) is 4. The Bertz CT molecular complexity index is 286. The van der Waals surface area contributed by atoms with Crippen molar-refractivity contribution in [2.45, 2.75) is 45.2 Å². The molecule has 1 aliphatic heterocycles. The average Bonchev–Trinajstić information content (AvgIpc) is 2.36. The zero-order chi connectivity index (χ0) is 14.5. The molecule has 1 fully saturated rings. The van der Waals surface area contributed by atoms with E-state index in [1.165, 1.54) is 0 Å². The molecule has 0 unspecified atom stereocenters. The Hall–Kier alpha value is -0.650. The molecule has 1 amide bonds. The highest BCUT2D eigenvalue weighted by molar-refractivity contribution is 5.85. The zero-order valence-electron chi connectivity index (χ0n) is 12.8. The van der Waals surface area contributed by atoms with Gasteiger partial charge in [0.15, 0.2) is 0 Å². The van der Waals surface area contributed by atoms with Crippen molar-refractivity contribution in [1.82, 2.24) is 15.1 Å². The van der Waals surface area contributed by atoms with E-state index in [1.54, 1.807) is 0 Å². The van der Waals surface area contributed by atoms with Crippen LogP contribution in [0, 0.1) is 0 Å². The largest absolute Gasteiger partial charge is 0.395 e. The van der Waals surface area contributed by atoms with Crippen molar-refractivity contribution in [2.75, 3.05) is 39.8 Å². The molecule has 0 bridgehead atoms. The highest BCUT2D eigenvalue weighted by Crippen LogP contribution is 2.19. The summed E-state index contributed by atoms with van der Waals surface area (Å²) in [5.74, 6) is 0.0953. The molecule has 0 atom stereocenters. The Morgan fingerprint density at radius 2 is 2.00 bits per heavy atom. The van der Waals surface area contributed by atoms with Gasteiger partial charge in [0.2, 0.25) is 5.91 Å². The molecule has 0 radical (unpaired) electrons. The van der Waals surface area contributed by atoms with E-state index in [9.17, 15) is 9.90 Å². The predicted molar refractivity (Wildman–Crippen MR) is 77.1 cm³/mol. The number of carbonyl (C=O) groups excluding carboxylic acids is 1. The van der Waals surface area contributed by atoms with Crippen LogP contribution in [0.3, 0.4) is 0 Å². The smallest absolute Gasteiger partial charge is 0.242 e. The highest BCUT2D eigenvalue weighted by atomic mass is 16.3. The maximum absolute atomic E-state index is 12.7. The first-order valence-electron chi connectivity index (χ1n) is 7.28. The summed E-state index contributed by atoms with van der Waals surface area (Å²) in [6, 6.07) is 0.258. The molecular formula is C14H29N3O2. The number of likely N-dealkylation sites (N-methyl/N-ethyl adjacent to an activating group) is 1. The fourth-order valence-electron chi connectivity index (χ4n) is 2.74. The number of nitrogens with one attached hydrogen (secondary N) is 1. The van der Waals surface area contributed by atoms with Crippen LogP contribution in [0.25, 0.3) is 0 Å². The molecule has 0 aliphatic carbocycles. The van der Waals surface area contributed by atoms with Crippen LogP contribution in [-0.2, 0) is 4.79 Å². The maximum Gasteiger partial charge on any atom is 0.242 e. The number of hydrogen-bond donors (Lipinski definition) is 2. The summed E-state index contributed by atoms with van der Waals surface area (Å²) in [4.78, 5) is 16.8. The second kappa shape index (κ2) is 7.22. The van der Waals surface area contributed by atoms with Crippen molar-refractivity contribution in [1.29, 1.82) is 0 Å². The molecule has 0 aromatic carbocycles. The summed E-state index contributed by atoms with van der Waals surface area (Å²) in [6.07, 6.45) is 1.98. The Labute approximate surface area is 117 Å². The number of aliphatic hydroxyl groups excluding tert-OH is 1. The van der Waals surface area contributed by atoms with E-state index in [1.807, 2.05) is 25.7 Å². The number of rotatable bonds is 6. The van der Waals surface area contributed by atoms with Gasteiger partial charge in [-0.3, -0.25) is 4.79 Å². The van der Waals surface area contributed by atoms with Gasteiger partial charge in [-0.1, -0.05) is 6.92 Å². The molecule has 5 nitrogen and oxygen atoms in total. The number of aliphatic hydroxyl groups is 1. The normalized spacial score (nSPS) is 18.6. The third-order valence-corrected chi connectivity index (χ3v) is 3.88. The molecule has 0 aromatic rings. The van der Waals surface area contributed by atoms with E-state index in [0.29, 0.717) is 6.54 Å². The van der Waals surface area contributed by atoms with Crippen LogP contribution in [0.5, 0.6) is 0 Å². The predicted octanol–water partition coefficient (Wildman–Crippen LogP) is 0.290. The van der Waals surface area contributed by atoms with E-state index < -0.39 is 5.54 Å². The van der Waals surface area contributed by atoms with E-state index in [4.69, 9.17) is 0 Å². The highest BCUT2D eigenvalue weighted by Gasteiger charge is 2.35. The average molecular weight is 271 g/mol. The van der Waals surface area contributed by atoms with Gasteiger partial charge in [0.25, 0.3) is 0 Å². The third kappa shape index (κ3) is 4.44. The molecule has 1 rings (SSSR count). The van der Waals surface area contributed by atoms with Crippen LogP contribution in [0.4, 0.5) is 0 Å². The number of likely N-dealkylation sites (tertiary alicyclic amines) is 1.